The maximum Gasteiger partial charge on any atom is 0.251 e. The lowest BCUT2D eigenvalue weighted by molar-refractivity contribution is 0.239. The summed E-state index contributed by atoms with van der Waals surface area (Å²) < 4.78 is 9.31. The second kappa shape index (κ2) is 4.95. The maximum absolute atomic E-state index is 12.6. The average molecular weight is 325 g/mol. The van der Waals surface area contributed by atoms with Gasteiger partial charge in [-0.15, -0.1) is 0 Å². The van der Waals surface area contributed by atoms with Crippen LogP contribution in [0.4, 0.5) is 0 Å². The lowest BCUT2D eigenvalue weighted by Crippen LogP contribution is -2.36. The van der Waals surface area contributed by atoms with Gasteiger partial charge in [-0.25, -0.2) is 0 Å². The Hall–Kier alpha value is -2.60. The van der Waals surface area contributed by atoms with Gasteiger partial charge in [0, 0.05) is 36.5 Å². The van der Waals surface area contributed by atoms with Crippen LogP contribution in [-0.2, 0) is 7.05 Å². The Balaban J connectivity index is 2.35. The molecule has 2 N–H and O–H groups in total. The summed E-state index contributed by atoms with van der Waals surface area (Å²) >= 11 is 0. The highest BCUT2D eigenvalue weighted by Gasteiger charge is 2.27. The number of rotatable bonds is 1. The van der Waals surface area contributed by atoms with E-state index in [1.54, 1.807) is 28.3 Å². The van der Waals surface area contributed by atoms with Crippen LogP contribution in [-0.4, -0.2) is 22.3 Å². The number of hydrogen-bond donors (Lipinski definition) is 1. The molecule has 0 unspecified atom stereocenters. The molecule has 124 valence electrons. The van der Waals surface area contributed by atoms with E-state index in [0.717, 1.165) is 32.9 Å². The molecule has 1 aliphatic rings. The van der Waals surface area contributed by atoms with Gasteiger partial charge in [-0.05, 0) is 31.0 Å². The van der Waals surface area contributed by atoms with E-state index in [1.165, 1.54) is 0 Å². The molecule has 1 aliphatic heterocycles. The largest absolute Gasteiger partial charge is 0.487 e. The van der Waals surface area contributed by atoms with Gasteiger partial charge in [0.1, 0.15) is 6.61 Å². The third kappa shape index (κ3) is 1.80. The Bertz CT molecular complexity index is 1120. The maximum atomic E-state index is 12.6. The molecule has 4 rings (SSSR count). The molecule has 1 aromatic carbocycles. The number of fused-ring (bicyclic) bond motifs is 2. The zero-order chi connectivity index (χ0) is 17.2. The molecule has 0 spiro atoms. The second-order valence-electron chi connectivity index (χ2n) is 6.46. The summed E-state index contributed by atoms with van der Waals surface area (Å²) in [4.78, 5) is 24.8. The SMILES string of the molecule is Cc1cc(=O)n(C)c2c3c4c(cc12)c(C)cc(=O)n4[C@H](CN)CO3. The number of hydrogen-bond acceptors (Lipinski definition) is 4. The zero-order valence-electron chi connectivity index (χ0n) is 13.9. The molecular formula is C18H19N3O3. The van der Waals surface area contributed by atoms with E-state index in [2.05, 4.69) is 0 Å². The van der Waals surface area contributed by atoms with Crippen molar-refractivity contribution < 1.29 is 4.74 Å². The summed E-state index contributed by atoms with van der Waals surface area (Å²) in [7, 11) is 1.73. The van der Waals surface area contributed by atoms with E-state index < -0.39 is 0 Å². The summed E-state index contributed by atoms with van der Waals surface area (Å²) in [6.07, 6.45) is 0. The molecule has 2 aromatic heterocycles. The van der Waals surface area contributed by atoms with Gasteiger partial charge in [0.15, 0.2) is 5.75 Å². The van der Waals surface area contributed by atoms with E-state index >= 15 is 0 Å². The number of aryl methyl sites for hydroxylation is 3. The lowest BCUT2D eigenvalue weighted by Gasteiger charge is -2.29. The minimum absolute atomic E-state index is 0.0861. The molecular weight excluding hydrogens is 306 g/mol. The predicted molar refractivity (Wildman–Crippen MR) is 94.0 cm³/mol. The van der Waals surface area contributed by atoms with Gasteiger partial charge in [0.2, 0.25) is 0 Å². The van der Waals surface area contributed by atoms with Crippen LogP contribution in [0.3, 0.4) is 0 Å². The van der Waals surface area contributed by atoms with Crippen LogP contribution < -0.4 is 21.6 Å². The molecule has 24 heavy (non-hydrogen) atoms. The third-order valence-corrected chi connectivity index (χ3v) is 4.96. The Kier molecular flexibility index (Phi) is 3.08. The van der Waals surface area contributed by atoms with Crippen molar-refractivity contribution in [1.82, 2.24) is 9.13 Å². The highest BCUT2D eigenvalue weighted by Crippen LogP contribution is 2.39. The van der Waals surface area contributed by atoms with Gasteiger partial charge in [-0.2, -0.15) is 0 Å². The van der Waals surface area contributed by atoms with E-state index in [9.17, 15) is 9.59 Å². The van der Waals surface area contributed by atoms with Gasteiger partial charge in [0.25, 0.3) is 11.1 Å². The van der Waals surface area contributed by atoms with Gasteiger partial charge in [-0.1, -0.05) is 0 Å². The fraction of sp³-hybridized carbons (Fsp3) is 0.333. The summed E-state index contributed by atoms with van der Waals surface area (Å²) in [6, 6.07) is 5.10. The minimum atomic E-state index is -0.201. The molecule has 0 fully saturated rings. The Morgan fingerprint density at radius 2 is 1.71 bits per heavy atom. The Labute approximate surface area is 138 Å². The molecule has 0 bridgehead atoms. The monoisotopic (exact) mass is 325 g/mol. The lowest BCUT2D eigenvalue weighted by atomic mass is 10.0. The highest BCUT2D eigenvalue weighted by atomic mass is 16.5. The van der Waals surface area contributed by atoms with Crippen LogP contribution in [0.5, 0.6) is 5.75 Å². The summed E-state index contributed by atoms with van der Waals surface area (Å²) in [5, 5.41) is 1.91. The first-order valence-electron chi connectivity index (χ1n) is 7.96. The first-order valence-corrected chi connectivity index (χ1v) is 7.96. The molecule has 6 heteroatoms. The molecule has 3 heterocycles. The van der Waals surface area contributed by atoms with Gasteiger partial charge in [0.05, 0.1) is 17.1 Å². The topological polar surface area (TPSA) is 79.2 Å². The van der Waals surface area contributed by atoms with Crippen molar-refractivity contribution in [2.75, 3.05) is 13.2 Å². The van der Waals surface area contributed by atoms with E-state index in [0.29, 0.717) is 18.9 Å². The molecule has 0 amide bonds. The van der Waals surface area contributed by atoms with Crippen molar-refractivity contribution >= 4 is 21.8 Å². The molecule has 1 atom stereocenters. The fourth-order valence-corrected chi connectivity index (χ4v) is 3.65. The van der Waals surface area contributed by atoms with Gasteiger partial charge in [-0.3, -0.25) is 14.2 Å². The number of benzene rings is 1. The van der Waals surface area contributed by atoms with Gasteiger partial charge < -0.3 is 15.0 Å². The zero-order valence-corrected chi connectivity index (χ0v) is 13.9. The number of pyridine rings is 2. The first kappa shape index (κ1) is 15.0. The summed E-state index contributed by atoms with van der Waals surface area (Å²) in [5.41, 5.74) is 8.90. The molecule has 3 aromatic rings. The number of nitrogens with zero attached hydrogens (tertiary/aromatic N) is 2. The highest BCUT2D eigenvalue weighted by molar-refractivity contribution is 6.04. The quantitative estimate of drug-likeness (QED) is 0.685. The van der Waals surface area contributed by atoms with Crippen molar-refractivity contribution in [3.05, 3.63) is 50.0 Å². The average Bonchev–Trinajstić information content (AvgIpc) is 2.56. The summed E-state index contributed by atoms with van der Waals surface area (Å²) in [6.45, 7) is 4.48. The molecule has 0 aliphatic carbocycles. The molecule has 0 saturated carbocycles. The smallest absolute Gasteiger partial charge is 0.251 e. The van der Waals surface area contributed by atoms with Crippen molar-refractivity contribution in [3.8, 4) is 5.75 Å². The standard InChI is InChI=1S/C18H19N3O3/c1-9-4-14(22)20(3)16-12(9)6-13-10(2)5-15(23)21-11(7-19)8-24-18(16)17(13)21/h4-6,11H,7-8,19H2,1-3H3/t11-/m1/s1. The molecule has 6 nitrogen and oxygen atoms in total. The second-order valence-corrected chi connectivity index (χ2v) is 6.46. The van der Waals surface area contributed by atoms with Crippen molar-refractivity contribution in [2.24, 2.45) is 12.8 Å². The third-order valence-electron chi connectivity index (χ3n) is 4.96. The van der Waals surface area contributed by atoms with E-state index in [-0.39, 0.29) is 17.2 Å². The molecule has 0 radical (unpaired) electrons. The van der Waals surface area contributed by atoms with Crippen molar-refractivity contribution in [2.45, 2.75) is 19.9 Å². The number of aromatic nitrogens is 2. The Morgan fingerprint density at radius 1 is 1.08 bits per heavy atom. The fourth-order valence-electron chi connectivity index (χ4n) is 3.65. The van der Waals surface area contributed by atoms with Crippen LogP contribution in [0.25, 0.3) is 21.8 Å². The van der Waals surface area contributed by atoms with Gasteiger partial charge >= 0.3 is 0 Å². The Morgan fingerprint density at radius 3 is 2.38 bits per heavy atom. The minimum Gasteiger partial charge on any atom is -0.487 e. The number of nitrogens with two attached hydrogens (primary N) is 1. The first-order chi connectivity index (χ1) is 11.4. The normalized spacial score (nSPS) is 16.6. The summed E-state index contributed by atoms with van der Waals surface area (Å²) in [5.74, 6) is 0.594. The van der Waals surface area contributed by atoms with Crippen LogP contribution >= 0.6 is 0 Å². The van der Waals surface area contributed by atoms with E-state index in [1.807, 2.05) is 19.9 Å². The van der Waals surface area contributed by atoms with Crippen molar-refractivity contribution in [3.63, 3.8) is 0 Å². The van der Waals surface area contributed by atoms with Crippen LogP contribution in [0.1, 0.15) is 17.2 Å². The van der Waals surface area contributed by atoms with Crippen LogP contribution in [0, 0.1) is 13.8 Å². The predicted octanol–water partition coefficient (Wildman–Crippen LogP) is 1.36. The van der Waals surface area contributed by atoms with E-state index in [4.69, 9.17) is 10.5 Å². The number of ether oxygens (including phenoxy) is 1. The van der Waals surface area contributed by atoms with Crippen molar-refractivity contribution in [1.29, 1.82) is 0 Å². The van der Waals surface area contributed by atoms with Crippen LogP contribution in [0.15, 0.2) is 27.8 Å². The van der Waals surface area contributed by atoms with Crippen LogP contribution in [0.2, 0.25) is 0 Å². The molecule has 0 saturated heterocycles.